The summed E-state index contributed by atoms with van der Waals surface area (Å²) in [6.45, 7) is 0. The third kappa shape index (κ3) is 4.68. The van der Waals surface area contributed by atoms with Crippen LogP contribution in [0.2, 0.25) is 0 Å². The molecule has 0 amide bonds. The second-order valence-corrected chi connectivity index (χ2v) is 6.29. The number of nitrogens with one attached hydrogen (secondary N) is 1. The molecule has 3 heteroatoms. The first-order chi connectivity index (χ1) is 8.34. The van der Waals surface area contributed by atoms with E-state index >= 15 is 0 Å². The second kappa shape index (κ2) is 7.02. The molecule has 1 aliphatic rings. The van der Waals surface area contributed by atoms with Gasteiger partial charge < -0.3 is 5.32 Å². The predicted octanol–water partition coefficient (Wildman–Crippen LogP) is 4.70. The fourth-order valence-corrected chi connectivity index (χ4v) is 3.46. The van der Waals surface area contributed by atoms with Crippen molar-refractivity contribution in [1.82, 2.24) is 0 Å². The van der Waals surface area contributed by atoms with Gasteiger partial charge in [0.05, 0.1) is 0 Å². The molecule has 2 rings (SSSR count). The Morgan fingerprint density at radius 1 is 1.18 bits per heavy atom. The first kappa shape index (κ1) is 12.9. The summed E-state index contributed by atoms with van der Waals surface area (Å²) in [7, 11) is 0. The van der Waals surface area contributed by atoms with Gasteiger partial charge in [-0.15, -0.1) is 0 Å². The van der Waals surface area contributed by atoms with E-state index in [2.05, 4.69) is 5.32 Å². The molecule has 1 saturated carbocycles. The zero-order chi connectivity index (χ0) is 11.9. The number of anilines is 1. The molecule has 0 atom stereocenters. The third-order valence-corrected chi connectivity index (χ3v) is 4.65. The molecule has 0 radical (unpaired) electrons. The molecule has 1 nitrogen and oxygen atoms in total. The molecule has 0 unspecified atom stereocenters. The van der Waals surface area contributed by atoms with E-state index < -0.39 is 0 Å². The van der Waals surface area contributed by atoms with Crippen LogP contribution in [-0.2, 0) is 0 Å². The summed E-state index contributed by atoms with van der Waals surface area (Å²) < 4.78 is 0.904. The van der Waals surface area contributed by atoms with Crippen molar-refractivity contribution in [2.75, 3.05) is 11.1 Å². The van der Waals surface area contributed by atoms with Crippen LogP contribution in [0.1, 0.15) is 32.1 Å². The lowest BCUT2D eigenvalue weighted by molar-refractivity contribution is 0.391. The Labute approximate surface area is 113 Å². The summed E-state index contributed by atoms with van der Waals surface area (Å²) in [5.41, 5.74) is 1.09. The summed E-state index contributed by atoms with van der Waals surface area (Å²) in [6.07, 6.45) is 7.02. The molecular weight excluding hydrogens is 246 g/mol. The molecule has 0 aromatic heterocycles. The largest absolute Gasteiger partial charge is 0.341 e. The summed E-state index contributed by atoms with van der Waals surface area (Å²) in [4.78, 5) is 0. The highest BCUT2D eigenvalue weighted by atomic mass is 32.2. The van der Waals surface area contributed by atoms with Crippen LogP contribution >= 0.6 is 24.0 Å². The molecule has 0 spiro atoms. The molecular formula is C14H19NS2. The van der Waals surface area contributed by atoms with Crippen molar-refractivity contribution < 1.29 is 0 Å². The number of hydrogen-bond acceptors (Lipinski definition) is 2. The minimum Gasteiger partial charge on any atom is -0.341 e. The number of thiocarbonyl (C=S) groups is 1. The minimum atomic E-state index is 0.879. The minimum absolute atomic E-state index is 0.879. The van der Waals surface area contributed by atoms with E-state index in [-0.39, 0.29) is 0 Å². The predicted molar refractivity (Wildman–Crippen MR) is 81.7 cm³/mol. The van der Waals surface area contributed by atoms with Crippen LogP contribution in [0.3, 0.4) is 0 Å². The van der Waals surface area contributed by atoms with Crippen molar-refractivity contribution >= 4 is 34.0 Å². The lowest BCUT2D eigenvalue weighted by atomic mass is 9.91. The zero-order valence-corrected chi connectivity index (χ0v) is 11.7. The van der Waals surface area contributed by atoms with Crippen molar-refractivity contribution in [3.8, 4) is 0 Å². The van der Waals surface area contributed by atoms with Crippen LogP contribution in [0.25, 0.3) is 0 Å². The third-order valence-electron chi connectivity index (χ3n) is 3.20. The van der Waals surface area contributed by atoms with Crippen molar-refractivity contribution in [2.45, 2.75) is 32.1 Å². The molecule has 17 heavy (non-hydrogen) atoms. The maximum atomic E-state index is 5.36. The number of hydrogen-bond donors (Lipinski definition) is 1. The van der Waals surface area contributed by atoms with Gasteiger partial charge in [0.25, 0.3) is 0 Å². The highest BCUT2D eigenvalue weighted by Crippen LogP contribution is 2.27. The van der Waals surface area contributed by atoms with Gasteiger partial charge in [-0.3, -0.25) is 0 Å². The van der Waals surface area contributed by atoms with E-state index in [0.717, 1.165) is 15.9 Å². The van der Waals surface area contributed by atoms with Crippen molar-refractivity contribution in [2.24, 2.45) is 5.92 Å². The van der Waals surface area contributed by atoms with Crippen LogP contribution in [0, 0.1) is 5.92 Å². The topological polar surface area (TPSA) is 12.0 Å². The second-order valence-electron chi connectivity index (χ2n) is 4.59. The molecule has 0 saturated heterocycles. The normalized spacial score (nSPS) is 16.7. The smallest absolute Gasteiger partial charge is 0.138 e. The van der Waals surface area contributed by atoms with Crippen molar-refractivity contribution in [3.05, 3.63) is 30.3 Å². The maximum Gasteiger partial charge on any atom is 0.138 e. The van der Waals surface area contributed by atoms with Gasteiger partial charge in [0, 0.05) is 11.4 Å². The number of para-hydroxylation sites is 1. The first-order valence-electron chi connectivity index (χ1n) is 6.33. The quantitative estimate of drug-likeness (QED) is 0.796. The Balaban J connectivity index is 1.70. The molecule has 0 heterocycles. The Hall–Kier alpha value is -0.540. The van der Waals surface area contributed by atoms with Gasteiger partial charge in [-0.2, -0.15) is 0 Å². The number of rotatable bonds is 3. The van der Waals surface area contributed by atoms with E-state index in [0.29, 0.717) is 0 Å². The monoisotopic (exact) mass is 265 g/mol. The summed E-state index contributed by atoms with van der Waals surface area (Å²) in [5.74, 6) is 2.06. The standard InChI is InChI=1S/C14H19NS2/c16-14(15-13-9-5-2-6-10-13)17-11-12-7-3-1-4-8-12/h2,5-6,9-10,12H,1,3-4,7-8,11H2,(H,15,16). The summed E-state index contributed by atoms with van der Waals surface area (Å²) in [5, 5.41) is 3.28. The lowest BCUT2D eigenvalue weighted by Crippen LogP contribution is -2.12. The zero-order valence-electron chi connectivity index (χ0n) is 10.0. The fraction of sp³-hybridized carbons (Fsp3) is 0.500. The van der Waals surface area contributed by atoms with Crippen LogP contribution < -0.4 is 5.32 Å². The maximum absolute atomic E-state index is 5.36. The van der Waals surface area contributed by atoms with Gasteiger partial charge in [0.1, 0.15) is 4.32 Å². The van der Waals surface area contributed by atoms with Crippen LogP contribution in [0.15, 0.2) is 30.3 Å². The molecule has 1 aromatic rings. The van der Waals surface area contributed by atoms with Crippen molar-refractivity contribution in [3.63, 3.8) is 0 Å². The van der Waals surface area contributed by atoms with Crippen LogP contribution in [-0.4, -0.2) is 10.1 Å². The SMILES string of the molecule is S=C(Nc1ccccc1)SCC1CCCCC1. The molecule has 1 aliphatic carbocycles. The Kier molecular flexibility index (Phi) is 5.33. The van der Waals surface area contributed by atoms with E-state index in [1.54, 1.807) is 11.8 Å². The molecule has 92 valence electrons. The first-order valence-corrected chi connectivity index (χ1v) is 7.73. The van der Waals surface area contributed by atoms with Gasteiger partial charge in [-0.05, 0) is 30.9 Å². The number of benzene rings is 1. The summed E-state index contributed by atoms with van der Waals surface area (Å²) in [6, 6.07) is 10.2. The van der Waals surface area contributed by atoms with Gasteiger partial charge in [-0.25, -0.2) is 0 Å². The van der Waals surface area contributed by atoms with Gasteiger partial charge in [0.15, 0.2) is 0 Å². The molecule has 0 aliphatic heterocycles. The highest BCUT2D eigenvalue weighted by Gasteiger charge is 2.14. The molecule has 0 bridgehead atoms. The average molecular weight is 265 g/mol. The molecule has 1 fully saturated rings. The Bertz CT molecular complexity index is 344. The van der Waals surface area contributed by atoms with Gasteiger partial charge in [-0.1, -0.05) is 61.4 Å². The average Bonchev–Trinajstić information content (AvgIpc) is 2.39. The lowest BCUT2D eigenvalue weighted by Gasteiger charge is -2.21. The van der Waals surface area contributed by atoms with Gasteiger partial charge in [0.2, 0.25) is 0 Å². The van der Waals surface area contributed by atoms with E-state index in [1.165, 1.54) is 37.9 Å². The molecule has 1 aromatic carbocycles. The Morgan fingerprint density at radius 3 is 2.59 bits per heavy atom. The van der Waals surface area contributed by atoms with Crippen LogP contribution in [0.5, 0.6) is 0 Å². The fourth-order valence-electron chi connectivity index (χ4n) is 2.22. The highest BCUT2D eigenvalue weighted by molar-refractivity contribution is 8.23. The van der Waals surface area contributed by atoms with Crippen molar-refractivity contribution in [1.29, 1.82) is 0 Å². The van der Waals surface area contributed by atoms with E-state index in [9.17, 15) is 0 Å². The summed E-state index contributed by atoms with van der Waals surface area (Å²) >= 11 is 7.15. The van der Waals surface area contributed by atoms with E-state index in [1.807, 2.05) is 30.3 Å². The Morgan fingerprint density at radius 2 is 1.88 bits per heavy atom. The van der Waals surface area contributed by atoms with Crippen LogP contribution in [0.4, 0.5) is 5.69 Å². The number of thioether (sulfide) groups is 1. The van der Waals surface area contributed by atoms with E-state index in [4.69, 9.17) is 12.2 Å². The molecule has 1 N–H and O–H groups in total. The van der Waals surface area contributed by atoms with Gasteiger partial charge >= 0.3 is 0 Å².